The number of H-pyrrole nitrogens is 1. The number of aliphatic hydroxyl groups excluding tert-OH is 2. The van der Waals surface area contributed by atoms with E-state index in [0.717, 1.165) is 0 Å². The molecule has 4 N–H and O–H groups in total. The fourth-order valence-corrected chi connectivity index (χ4v) is 5.07. The number of alkyl halides is 1. The normalized spacial score (nSPS) is 17.8. The minimum absolute atomic E-state index is 0.0800. The molecule has 0 spiro atoms. The van der Waals surface area contributed by atoms with Crippen LogP contribution in [0.4, 0.5) is 8.78 Å². The minimum Gasteiger partial charge on any atom is -0.508 e. The first kappa shape index (κ1) is 29.7. The number of aromatic amines is 1. The number of carbonyl (C=O) groups excluding carboxylic acids is 1. The van der Waals surface area contributed by atoms with Crippen LogP contribution in [-0.2, 0) is 30.0 Å². The van der Waals surface area contributed by atoms with Gasteiger partial charge in [0.1, 0.15) is 18.1 Å². The van der Waals surface area contributed by atoms with Gasteiger partial charge in [-0.1, -0.05) is 48.5 Å². The zero-order valence-electron chi connectivity index (χ0n) is 21.0. The number of carbonyl (C=O) groups is 1. The van der Waals surface area contributed by atoms with Gasteiger partial charge in [-0.15, -0.1) is 0 Å². The first-order valence-electron chi connectivity index (χ1n) is 11.9. The van der Waals surface area contributed by atoms with Crippen LogP contribution in [-0.4, -0.2) is 44.7 Å². The van der Waals surface area contributed by atoms with Gasteiger partial charge in [-0.05, 0) is 17.7 Å². The van der Waals surface area contributed by atoms with Crippen LogP contribution >= 0.6 is 7.75 Å². The van der Waals surface area contributed by atoms with Crippen molar-refractivity contribution in [1.29, 1.82) is 0 Å². The first-order valence-corrected chi connectivity index (χ1v) is 13.5. The van der Waals surface area contributed by atoms with Crippen LogP contribution < -0.4 is 20.9 Å². The monoisotopic (exact) mass is 595 g/mol. The van der Waals surface area contributed by atoms with Crippen molar-refractivity contribution in [2.75, 3.05) is 6.61 Å². The van der Waals surface area contributed by atoms with Crippen LogP contribution in [0.3, 0.4) is 0 Å². The average Bonchev–Trinajstić information content (AvgIpc) is 3.34. The molecule has 0 amide bonds. The van der Waals surface area contributed by atoms with Gasteiger partial charge in [0.05, 0.1) is 19.2 Å². The molecular formula is C25H24F2N3O10P. The Balaban J connectivity index is 1.52. The van der Waals surface area contributed by atoms with E-state index in [9.17, 15) is 37.9 Å². The molecule has 3 aromatic rings. The van der Waals surface area contributed by atoms with Gasteiger partial charge in [-0.25, -0.2) is 18.5 Å². The summed E-state index contributed by atoms with van der Waals surface area (Å²) in [5.74, 6) is -3.99. The Labute approximate surface area is 230 Å². The summed E-state index contributed by atoms with van der Waals surface area (Å²) in [5, 5.41) is 22.2. The second-order valence-electron chi connectivity index (χ2n) is 8.49. The molecule has 0 fully saturated rings. The number of esters is 1. The van der Waals surface area contributed by atoms with Crippen LogP contribution in [0.5, 0.6) is 5.75 Å². The lowest BCUT2D eigenvalue weighted by molar-refractivity contribution is -0.151. The smallest absolute Gasteiger partial charge is 0.462 e. The van der Waals surface area contributed by atoms with Crippen molar-refractivity contribution in [2.24, 2.45) is 0 Å². The maximum absolute atomic E-state index is 14.9. The van der Waals surface area contributed by atoms with Crippen molar-refractivity contribution in [3.05, 3.63) is 111 Å². The molecular weight excluding hydrogens is 571 g/mol. The van der Waals surface area contributed by atoms with E-state index < -0.39 is 74.0 Å². The average molecular weight is 595 g/mol. The van der Waals surface area contributed by atoms with E-state index in [0.29, 0.717) is 16.3 Å². The Morgan fingerprint density at radius 3 is 2.49 bits per heavy atom. The molecule has 1 aliphatic heterocycles. The van der Waals surface area contributed by atoms with E-state index in [2.05, 4.69) is 0 Å². The Hall–Kier alpha value is -4.30. The molecule has 0 saturated carbocycles. The number of hydrogen-bond donors (Lipinski definition) is 4. The van der Waals surface area contributed by atoms with Crippen LogP contribution in [0.1, 0.15) is 18.2 Å². The largest absolute Gasteiger partial charge is 0.508 e. The third-order valence-electron chi connectivity index (χ3n) is 5.55. The van der Waals surface area contributed by atoms with Crippen molar-refractivity contribution in [3.8, 4) is 5.75 Å². The molecule has 0 saturated heterocycles. The van der Waals surface area contributed by atoms with E-state index in [4.69, 9.17) is 18.5 Å². The summed E-state index contributed by atoms with van der Waals surface area (Å²) in [5.41, 5.74) is -1.78. The van der Waals surface area contributed by atoms with E-state index in [1.807, 2.05) is 0 Å². The number of rotatable bonds is 12. The Kier molecular flexibility index (Phi) is 9.35. The quantitative estimate of drug-likeness (QED) is 0.137. The van der Waals surface area contributed by atoms with Crippen molar-refractivity contribution in [2.45, 2.75) is 31.7 Å². The number of para-hydroxylation sites is 1. The molecule has 1 aromatic heterocycles. The fourth-order valence-electron chi connectivity index (χ4n) is 3.64. The lowest BCUT2D eigenvalue weighted by Crippen LogP contribution is -2.36. The number of benzene rings is 2. The van der Waals surface area contributed by atoms with E-state index in [1.54, 1.807) is 46.5 Å². The molecule has 16 heteroatoms. The van der Waals surface area contributed by atoms with E-state index in [1.165, 1.54) is 24.3 Å². The van der Waals surface area contributed by atoms with Gasteiger partial charge in [0.2, 0.25) is 5.82 Å². The molecule has 2 heterocycles. The second kappa shape index (κ2) is 12.9. The van der Waals surface area contributed by atoms with Gasteiger partial charge in [0, 0.05) is 0 Å². The summed E-state index contributed by atoms with van der Waals surface area (Å²) in [6, 6.07) is 15.7. The molecule has 4 atom stereocenters. The maximum atomic E-state index is 14.9. The summed E-state index contributed by atoms with van der Waals surface area (Å²) >= 11 is 0. The van der Waals surface area contributed by atoms with Gasteiger partial charge in [-0.3, -0.25) is 18.9 Å². The predicted octanol–water partition coefficient (Wildman–Crippen LogP) is 2.56. The third kappa shape index (κ3) is 7.46. The summed E-state index contributed by atoms with van der Waals surface area (Å²) in [6.45, 7) is -1.30. The van der Waals surface area contributed by atoms with E-state index in [-0.39, 0.29) is 12.4 Å². The number of hydrogen-bond acceptors (Lipinski definition) is 10. The lowest BCUT2D eigenvalue weighted by Gasteiger charge is -2.26. The molecule has 4 rings (SSSR count). The number of ether oxygens (including phenoxy) is 2. The molecule has 2 aromatic carbocycles. The molecule has 0 bridgehead atoms. The topological polar surface area (TPSA) is 178 Å². The van der Waals surface area contributed by atoms with Crippen molar-refractivity contribution in [3.63, 3.8) is 0 Å². The van der Waals surface area contributed by atoms with Gasteiger partial charge >= 0.3 is 19.4 Å². The van der Waals surface area contributed by atoms with Gasteiger partial charge in [-0.2, -0.15) is 9.48 Å². The van der Waals surface area contributed by atoms with Crippen LogP contribution in [0, 0.1) is 5.82 Å². The highest BCUT2D eigenvalue weighted by atomic mass is 31.2. The highest BCUT2D eigenvalue weighted by Crippen LogP contribution is 2.48. The van der Waals surface area contributed by atoms with Crippen molar-refractivity contribution < 1.29 is 46.9 Å². The Morgan fingerprint density at radius 2 is 1.83 bits per heavy atom. The highest BCUT2D eigenvalue weighted by molar-refractivity contribution is 7.52. The highest BCUT2D eigenvalue weighted by Gasteiger charge is 2.41. The Morgan fingerprint density at radius 1 is 1.17 bits per heavy atom. The van der Waals surface area contributed by atoms with E-state index >= 15 is 0 Å². The van der Waals surface area contributed by atoms with Crippen molar-refractivity contribution >= 4 is 13.7 Å². The number of aliphatic hydroxyl groups is 2. The molecule has 0 aliphatic carbocycles. The van der Waals surface area contributed by atoms with Gasteiger partial charge in [0.25, 0.3) is 11.9 Å². The summed E-state index contributed by atoms with van der Waals surface area (Å²) in [4.78, 5) is 37.5. The molecule has 13 nitrogen and oxygen atoms in total. The Bertz CT molecular complexity index is 1570. The number of nitrogens with one attached hydrogen (secondary N) is 2. The molecule has 41 heavy (non-hydrogen) atoms. The standard InChI is InChI=1S/C25H24F2N3O10P/c26-17-12-30(25(35)28-23(17)33)20-11-18(32)21(38-20)19(13-31)40-41(36,39-16-9-5-2-6-10-16)29-22(27)24(34)37-14-15-7-3-1-4-8-15/h1-10,12,19-20,22,31-32H,11,13-14H2,(H,29,36)(H,28,33,35)/t19-,20-,22-,41+/m1/s1. The molecule has 1 aliphatic rings. The SMILES string of the molecule is O=C(OCc1ccccc1)[C@H](F)N[P@](=O)(Oc1ccccc1)O[C@H](CO)C1=C(O)C[C@H](n2cc(F)c(=O)[nH]c2=O)O1. The van der Waals surface area contributed by atoms with Crippen LogP contribution in [0.25, 0.3) is 0 Å². The molecule has 0 radical (unpaired) electrons. The maximum Gasteiger partial charge on any atom is 0.462 e. The lowest BCUT2D eigenvalue weighted by atomic mass is 10.2. The molecule has 218 valence electrons. The third-order valence-corrected chi connectivity index (χ3v) is 7.07. The summed E-state index contributed by atoms with van der Waals surface area (Å²) < 4.78 is 64.0. The van der Waals surface area contributed by atoms with Crippen molar-refractivity contribution in [1.82, 2.24) is 14.6 Å². The number of nitrogens with zero attached hydrogens (tertiary/aromatic N) is 1. The predicted molar refractivity (Wildman–Crippen MR) is 137 cm³/mol. The van der Waals surface area contributed by atoms with Gasteiger partial charge in [0.15, 0.2) is 18.1 Å². The second-order valence-corrected chi connectivity index (χ2v) is 10.1. The number of halogens is 2. The van der Waals surface area contributed by atoms with Gasteiger partial charge < -0.3 is 24.2 Å². The molecule has 0 unspecified atom stereocenters. The zero-order valence-corrected chi connectivity index (χ0v) is 21.9. The summed E-state index contributed by atoms with van der Waals surface area (Å²) in [6.07, 6.45) is -5.81. The zero-order chi connectivity index (χ0) is 29.6. The number of aromatic nitrogens is 2. The first-order chi connectivity index (χ1) is 19.6. The minimum atomic E-state index is -4.90. The van der Waals surface area contributed by atoms with Crippen LogP contribution in [0.2, 0.25) is 0 Å². The summed E-state index contributed by atoms with van der Waals surface area (Å²) in [7, 11) is -4.90. The fraction of sp³-hybridized carbons (Fsp3) is 0.240. The van der Waals surface area contributed by atoms with Crippen LogP contribution in [0.15, 0.2) is 88.0 Å².